The average Bonchev–Trinajstić information content (AvgIpc) is 3.32. The van der Waals surface area contributed by atoms with Crippen LogP contribution in [0.5, 0.6) is 11.5 Å². The number of ether oxygens (including phenoxy) is 1. The second-order valence-corrected chi connectivity index (χ2v) is 9.18. The van der Waals surface area contributed by atoms with Gasteiger partial charge in [0.1, 0.15) is 22.6 Å². The number of H-pyrrole nitrogens is 1. The first-order valence-electron chi connectivity index (χ1n) is 12.3. The molecule has 1 aliphatic rings. The molecule has 7 heteroatoms. The topological polar surface area (TPSA) is 76.0 Å². The minimum atomic E-state index is -0.178. The zero-order chi connectivity index (χ0) is 24.3. The molecule has 2 aromatic heterocycles. The number of aromatic amines is 1. The number of para-hydroxylation sites is 1. The summed E-state index contributed by atoms with van der Waals surface area (Å²) in [5.41, 5.74) is 3.25. The zero-order valence-electron chi connectivity index (χ0n) is 19.9. The molecule has 1 N–H and O–H groups in total. The number of rotatable bonds is 6. The van der Waals surface area contributed by atoms with E-state index in [-0.39, 0.29) is 11.6 Å². The molecule has 0 spiro atoms. The summed E-state index contributed by atoms with van der Waals surface area (Å²) in [4.78, 5) is 22.6. The molecule has 0 radical (unpaired) electrons. The molecule has 3 heterocycles. The monoisotopic (exact) mass is 477 g/mol. The van der Waals surface area contributed by atoms with Crippen LogP contribution in [0.1, 0.15) is 24.4 Å². The molecule has 1 fully saturated rings. The first-order valence-corrected chi connectivity index (χ1v) is 12.3. The smallest absolute Gasteiger partial charge is 0.262 e. The molecular formula is C29H27N5O2. The summed E-state index contributed by atoms with van der Waals surface area (Å²) in [6, 6.07) is 28.0. The number of fused-ring (bicyclic) bond motifs is 1. The van der Waals surface area contributed by atoms with Crippen molar-refractivity contribution in [2.24, 2.45) is 0 Å². The largest absolute Gasteiger partial charge is 0.457 e. The summed E-state index contributed by atoms with van der Waals surface area (Å²) in [5.74, 6) is 1.50. The van der Waals surface area contributed by atoms with Gasteiger partial charge in [-0.25, -0.2) is 9.67 Å². The Hall–Kier alpha value is -4.23. The molecule has 3 aromatic carbocycles. The molecular weight excluding hydrogens is 450 g/mol. The third kappa shape index (κ3) is 4.53. The van der Waals surface area contributed by atoms with Gasteiger partial charge in [-0.15, -0.1) is 0 Å². The van der Waals surface area contributed by atoms with E-state index in [2.05, 4.69) is 39.1 Å². The Kier molecular flexibility index (Phi) is 6.05. The predicted molar refractivity (Wildman–Crippen MR) is 140 cm³/mol. The predicted octanol–water partition coefficient (Wildman–Crippen LogP) is 5.42. The second-order valence-electron chi connectivity index (χ2n) is 9.18. The maximum Gasteiger partial charge on any atom is 0.262 e. The summed E-state index contributed by atoms with van der Waals surface area (Å²) in [6.07, 6.45) is 3.54. The number of piperidine rings is 1. The molecule has 6 rings (SSSR count). The highest BCUT2D eigenvalue weighted by atomic mass is 16.5. The zero-order valence-corrected chi connectivity index (χ0v) is 19.9. The standard InChI is InChI=1S/C29H27N5O2/c35-29-26-27(22-13-15-25(16-14-22)36-24-11-5-2-6-12-24)32-34(28(26)30-20-31-29)23-10-7-17-33(19-23)18-21-8-3-1-4-9-21/h1-6,8-9,11-16,20,23H,7,10,17-19H2,(H,30,31,35). The van der Waals surface area contributed by atoms with Gasteiger partial charge in [0.25, 0.3) is 5.56 Å². The van der Waals surface area contributed by atoms with Crippen molar-refractivity contribution in [2.45, 2.75) is 25.4 Å². The molecule has 5 aromatic rings. The highest BCUT2D eigenvalue weighted by Gasteiger charge is 2.26. The van der Waals surface area contributed by atoms with Gasteiger partial charge in [0.2, 0.25) is 0 Å². The van der Waals surface area contributed by atoms with E-state index >= 15 is 0 Å². The van der Waals surface area contributed by atoms with Crippen LogP contribution in [0.3, 0.4) is 0 Å². The number of benzene rings is 3. The van der Waals surface area contributed by atoms with Crippen molar-refractivity contribution < 1.29 is 4.74 Å². The molecule has 1 saturated heterocycles. The van der Waals surface area contributed by atoms with Crippen molar-refractivity contribution in [3.8, 4) is 22.8 Å². The van der Waals surface area contributed by atoms with E-state index in [1.807, 2.05) is 65.3 Å². The van der Waals surface area contributed by atoms with Crippen LogP contribution >= 0.6 is 0 Å². The van der Waals surface area contributed by atoms with E-state index in [9.17, 15) is 4.79 Å². The van der Waals surface area contributed by atoms with Crippen LogP contribution in [0.15, 0.2) is 96.1 Å². The molecule has 0 aliphatic carbocycles. The van der Waals surface area contributed by atoms with Gasteiger partial charge in [0.15, 0.2) is 5.65 Å². The van der Waals surface area contributed by atoms with Crippen molar-refractivity contribution in [1.29, 1.82) is 0 Å². The summed E-state index contributed by atoms with van der Waals surface area (Å²) < 4.78 is 7.89. The third-order valence-corrected chi connectivity index (χ3v) is 6.68. The van der Waals surface area contributed by atoms with Gasteiger partial charge in [0.05, 0.1) is 12.4 Å². The van der Waals surface area contributed by atoms with Crippen molar-refractivity contribution in [2.75, 3.05) is 13.1 Å². The molecule has 1 unspecified atom stereocenters. The lowest BCUT2D eigenvalue weighted by Gasteiger charge is -2.33. The van der Waals surface area contributed by atoms with Crippen LogP contribution in [0, 0.1) is 0 Å². The molecule has 0 amide bonds. The summed E-state index contributed by atoms with van der Waals surface area (Å²) in [6.45, 7) is 2.82. The molecule has 7 nitrogen and oxygen atoms in total. The van der Waals surface area contributed by atoms with Gasteiger partial charge in [-0.05, 0) is 61.3 Å². The summed E-state index contributed by atoms with van der Waals surface area (Å²) in [7, 11) is 0. The number of likely N-dealkylation sites (tertiary alicyclic amines) is 1. The minimum Gasteiger partial charge on any atom is -0.457 e. The van der Waals surface area contributed by atoms with Crippen LogP contribution in [0.4, 0.5) is 0 Å². The van der Waals surface area contributed by atoms with E-state index in [1.54, 1.807) is 0 Å². The summed E-state index contributed by atoms with van der Waals surface area (Å²) in [5, 5.41) is 5.49. The molecule has 36 heavy (non-hydrogen) atoms. The molecule has 1 atom stereocenters. The Balaban J connectivity index is 1.30. The molecule has 0 saturated carbocycles. The first kappa shape index (κ1) is 22.2. The quantitative estimate of drug-likeness (QED) is 0.354. The van der Waals surface area contributed by atoms with Gasteiger partial charge in [0, 0.05) is 18.7 Å². The average molecular weight is 478 g/mol. The van der Waals surface area contributed by atoms with Crippen LogP contribution in [-0.2, 0) is 6.54 Å². The van der Waals surface area contributed by atoms with E-state index in [4.69, 9.17) is 9.84 Å². The van der Waals surface area contributed by atoms with E-state index < -0.39 is 0 Å². The number of aromatic nitrogens is 4. The van der Waals surface area contributed by atoms with Crippen LogP contribution in [0.25, 0.3) is 22.3 Å². The lowest BCUT2D eigenvalue weighted by atomic mass is 10.0. The molecule has 0 bridgehead atoms. The normalized spacial score (nSPS) is 16.3. The van der Waals surface area contributed by atoms with Crippen molar-refractivity contribution >= 4 is 11.0 Å². The fraction of sp³-hybridized carbons (Fsp3) is 0.207. The Morgan fingerprint density at radius 1 is 0.917 bits per heavy atom. The molecule has 180 valence electrons. The Morgan fingerprint density at radius 2 is 1.64 bits per heavy atom. The highest BCUT2D eigenvalue weighted by Crippen LogP contribution is 2.31. The van der Waals surface area contributed by atoms with Gasteiger partial charge < -0.3 is 9.72 Å². The molecule has 1 aliphatic heterocycles. The first-order chi connectivity index (χ1) is 17.7. The Labute approximate surface area is 209 Å². The fourth-order valence-electron chi connectivity index (χ4n) is 4.96. The van der Waals surface area contributed by atoms with Crippen molar-refractivity contribution in [3.63, 3.8) is 0 Å². The number of nitrogens with one attached hydrogen (secondary N) is 1. The third-order valence-electron chi connectivity index (χ3n) is 6.68. The highest BCUT2D eigenvalue weighted by molar-refractivity contribution is 5.90. The van der Waals surface area contributed by atoms with Gasteiger partial charge in [-0.3, -0.25) is 9.69 Å². The summed E-state index contributed by atoms with van der Waals surface area (Å²) >= 11 is 0. The van der Waals surface area contributed by atoms with Crippen LogP contribution in [-0.4, -0.2) is 37.7 Å². The van der Waals surface area contributed by atoms with Crippen LogP contribution < -0.4 is 10.3 Å². The van der Waals surface area contributed by atoms with E-state index in [0.29, 0.717) is 16.7 Å². The fourth-order valence-corrected chi connectivity index (χ4v) is 4.96. The van der Waals surface area contributed by atoms with Gasteiger partial charge in [-0.2, -0.15) is 5.10 Å². The maximum atomic E-state index is 12.9. The van der Waals surface area contributed by atoms with Gasteiger partial charge >= 0.3 is 0 Å². The maximum absolute atomic E-state index is 12.9. The van der Waals surface area contributed by atoms with Crippen molar-refractivity contribution in [1.82, 2.24) is 24.6 Å². The SMILES string of the molecule is O=c1[nH]cnc2c1c(-c1ccc(Oc3ccccc3)cc1)nn2C1CCCN(Cc2ccccc2)C1. The lowest BCUT2D eigenvalue weighted by molar-refractivity contribution is 0.165. The van der Waals surface area contributed by atoms with Crippen molar-refractivity contribution in [3.05, 3.63) is 107 Å². The Bertz CT molecular complexity index is 1510. The Morgan fingerprint density at radius 3 is 2.42 bits per heavy atom. The number of nitrogens with zero attached hydrogens (tertiary/aromatic N) is 4. The van der Waals surface area contributed by atoms with E-state index in [1.165, 1.54) is 11.9 Å². The number of hydrogen-bond donors (Lipinski definition) is 1. The van der Waals surface area contributed by atoms with Crippen LogP contribution in [0.2, 0.25) is 0 Å². The van der Waals surface area contributed by atoms with E-state index in [0.717, 1.165) is 49.5 Å². The number of hydrogen-bond acceptors (Lipinski definition) is 5. The second kappa shape index (κ2) is 9.79. The lowest BCUT2D eigenvalue weighted by Crippen LogP contribution is -2.36. The minimum absolute atomic E-state index is 0.147. The van der Waals surface area contributed by atoms with Gasteiger partial charge in [-0.1, -0.05) is 48.5 Å².